The Balaban J connectivity index is 1.26. The van der Waals surface area contributed by atoms with Crippen molar-refractivity contribution < 1.29 is 9.53 Å². The van der Waals surface area contributed by atoms with Gasteiger partial charge in [0.2, 0.25) is 0 Å². The number of aryl methyl sites for hydroxylation is 1. The lowest BCUT2D eigenvalue weighted by molar-refractivity contribution is -0.0792. The second-order valence-corrected chi connectivity index (χ2v) is 8.98. The molecule has 0 aromatic carbocycles. The van der Waals surface area contributed by atoms with Gasteiger partial charge in [0, 0.05) is 36.7 Å². The highest BCUT2D eigenvalue weighted by atomic mass is 32.1. The number of hydrogen-bond acceptors (Lipinski definition) is 6. The van der Waals surface area contributed by atoms with Gasteiger partial charge in [-0.2, -0.15) is 0 Å². The van der Waals surface area contributed by atoms with Crippen LogP contribution in [0.5, 0.6) is 0 Å². The van der Waals surface area contributed by atoms with Gasteiger partial charge in [-0.25, -0.2) is 0 Å². The van der Waals surface area contributed by atoms with E-state index in [0.29, 0.717) is 12.5 Å². The summed E-state index contributed by atoms with van der Waals surface area (Å²) in [7, 11) is 0. The first-order chi connectivity index (χ1) is 13.1. The summed E-state index contributed by atoms with van der Waals surface area (Å²) in [6.07, 6.45) is 3.77. The van der Waals surface area contributed by atoms with Crippen LogP contribution in [-0.4, -0.2) is 46.9 Å². The average molecular weight is 388 g/mol. The molecule has 3 aliphatic heterocycles. The molecule has 1 unspecified atom stereocenters. The van der Waals surface area contributed by atoms with E-state index in [1.807, 2.05) is 6.92 Å². The van der Waals surface area contributed by atoms with E-state index in [2.05, 4.69) is 31.5 Å². The van der Waals surface area contributed by atoms with Gasteiger partial charge in [0.15, 0.2) is 0 Å². The van der Waals surface area contributed by atoms with Gasteiger partial charge in [0.05, 0.1) is 17.1 Å². The van der Waals surface area contributed by atoms with E-state index in [1.54, 1.807) is 11.3 Å². The van der Waals surface area contributed by atoms with Crippen LogP contribution in [0.2, 0.25) is 0 Å². The van der Waals surface area contributed by atoms with Crippen molar-refractivity contribution >= 4 is 17.2 Å². The highest BCUT2D eigenvalue weighted by Gasteiger charge is 2.40. The molecule has 0 bridgehead atoms. The standard InChI is InChI=1S/C19H25N5O2S/c1-12-22-23-17-8-13(11-24(12)17)10-21-18(25)16-9-14-15(27-16)2-7-26-19(14)3-5-20-6-4-19/h9,13,20H,2-8,10-11H2,1H3,(H,21,25). The second-order valence-electron chi connectivity index (χ2n) is 7.84. The van der Waals surface area contributed by atoms with Gasteiger partial charge in [0.1, 0.15) is 11.6 Å². The van der Waals surface area contributed by atoms with Crippen LogP contribution in [0.15, 0.2) is 6.07 Å². The molecular formula is C19H25N5O2S. The first-order valence-electron chi connectivity index (χ1n) is 9.79. The van der Waals surface area contributed by atoms with Crippen LogP contribution in [0.4, 0.5) is 0 Å². The third-order valence-corrected chi connectivity index (χ3v) is 7.31. The van der Waals surface area contributed by atoms with Crippen LogP contribution in [0, 0.1) is 12.8 Å². The Morgan fingerprint density at radius 1 is 1.44 bits per heavy atom. The van der Waals surface area contributed by atoms with Gasteiger partial charge in [-0.3, -0.25) is 4.79 Å². The van der Waals surface area contributed by atoms with Gasteiger partial charge in [0.25, 0.3) is 5.91 Å². The molecule has 1 spiro atoms. The topological polar surface area (TPSA) is 81.1 Å². The minimum absolute atomic E-state index is 0.0397. The zero-order valence-corrected chi connectivity index (χ0v) is 16.4. The molecule has 2 N–H and O–H groups in total. The van der Waals surface area contributed by atoms with Crippen molar-refractivity contribution in [1.29, 1.82) is 0 Å². The van der Waals surface area contributed by atoms with E-state index in [4.69, 9.17) is 4.74 Å². The summed E-state index contributed by atoms with van der Waals surface area (Å²) >= 11 is 1.64. The smallest absolute Gasteiger partial charge is 0.261 e. The molecule has 1 fully saturated rings. The van der Waals surface area contributed by atoms with Gasteiger partial charge < -0.3 is 19.9 Å². The highest BCUT2D eigenvalue weighted by Crippen LogP contribution is 2.43. The number of ether oxygens (including phenoxy) is 1. The number of hydrogen-bond donors (Lipinski definition) is 2. The van der Waals surface area contributed by atoms with Gasteiger partial charge in [-0.1, -0.05) is 0 Å². The molecule has 0 aliphatic carbocycles. The van der Waals surface area contributed by atoms with Crippen molar-refractivity contribution in [3.05, 3.63) is 33.0 Å². The summed E-state index contributed by atoms with van der Waals surface area (Å²) < 4.78 is 8.38. The number of fused-ring (bicyclic) bond motifs is 3. The molecule has 0 saturated carbocycles. The van der Waals surface area contributed by atoms with Gasteiger partial charge >= 0.3 is 0 Å². The van der Waals surface area contributed by atoms with E-state index in [-0.39, 0.29) is 11.5 Å². The molecule has 8 heteroatoms. The minimum atomic E-state index is -0.182. The maximum atomic E-state index is 12.8. The fraction of sp³-hybridized carbons (Fsp3) is 0.632. The largest absolute Gasteiger partial charge is 0.370 e. The third kappa shape index (κ3) is 2.99. The number of piperidine rings is 1. The van der Waals surface area contributed by atoms with Crippen LogP contribution >= 0.6 is 11.3 Å². The van der Waals surface area contributed by atoms with Crippen LogP contribution < -0.4 is 10.6 Å². The number of aromatic nitrogens is 3. The van der Waals surface area contributed by atoms with Crippen LogP contribution in [-0.2, 0) is 29.7 Å². The zero-order valence-electron chi connectivity index (χ0n) is 15.6. The van der Waals surface area contributed by atoms with Crippen molar-refractivity contribution in [2.24, 2.45) is 5.92 Å². The fourth-order valence-electron chi connectivity index (χ4n) is 4.63. The van der Waals surface area contributed by atoms with E-state index in [9.17, 15) is 4.79 Å². The molecule has 0 radical (unpaired) electrons. The number of rotatable bonds is 3. The average Bonchev–Trinajstić information content (AvgIpc) is 3.37. The Morgan fingerprint density at radius 2 is 2.30 bits per heavy atom. The van der Waals surface area contributed by atoms with E-state index in [0.717, 1.165) is 68.5 Å². The molecule has 2 aromatic heterocycles. The summed E-state index contributed by atoms with van der Waals surface area (Å²) in [5.41, 5.74) is 1.08. The Bertz CT molecular complexity index is 868. The lowest BCUT2D eigenvalue weighted by Crippen LogP contribution is -2.44. The third-order valence-electron chi connectivity index (χ3n) is 6.12. The van der Waals surface area contributed by atoms with Crippen molar-refractivity contribution in [1.82, 2.24) is 25.4 Å². The lowest BCUT2D eigenvalue weighted by atomic mass is 9.83. The molecular weight excluding hydrogens is 362 g/mol. The SMILES string of the molecule is Cc1nnc2n1CC(CNC(=O)c1cc3c(s1)CCOC31CCNCC1)C2. The molecule has 144 valence electrons. The number of thiophene rings is 1. The number of amides is 1. The summed E-state index contributed by atoms with van der Waals surface area (Å²) in [5.74, 6) is 2.42. The van der Waals surface area contributed by atoms with Crippen molar-refractivity contribution in [2.75, 3.05) is 26.2 Å². The zero-order chi connectivity index (χ0) is 18.4. The number of carbonyl (C=O) groups is 1. The second kappa shape index (κ2) is 6.68. The van der Waals surface area contributed by atoms with Crippen LogP contribution in [0.3, 0.4) is 0 Å². The monoisotopic (exact) mass is 387 g/mol. The number of nitrogens with zero attached hydrogens (tertiary/aromatic N) is 3. The Morgan fingerprint density at radius 3 is 3.11 bits per heavy atom. The predicted octanol–water partition coefficient (Wildman–Crippen LogP) is 1.40. The molecule has 1 saturated heterocycles. The maximum absolute atomic E-state index is 12.8. The van der Waals surface area contributed by atoms with E-state index >= 15 is 0 Å². The molecule has 2 aromatic rings. The maximum Gasteiger partial charge on any atom is 0.261 e. The molecule has 1 amide bonds. The molecule has 7 nitrogen and oxygen atoms in total. The van der Waals surface area contributed by atoms with E-state index in [1.165, 1.54) is 10.4 Å². The first-order valence-corrected chi connectivity index (χ1v) is 10.6. The summed E-state index contributed by atoms with van der Waals surface area (Å²) in [5, 5.41) is 14.9. The predicted molar refractivity (Wildman–Crippen MR) is 102 cm³/mol. The van der Waals surface area contributed by atoms with Crippen molar-refractivity contribution in [3.8, 4) is 0 Å². The Hall–Kier alpha value is -1.77. The van der Waals surface area contributed by atoms with Crippen LogP contribution in [0.25, 0.3) is 0 Å². The number of carbonyl (C=O) groups excluding carboxylic acids is 1. The summed E-state index contributed by atoms with van der Waals surface area (Å²) in [6.45, 7) is 6.25. The van der Waals surface area contributed by atoms with Crippen molar-refractivity contribution in [3.63, 3.8) is 0 Å². The Kier molecular flexibility index (Phi) is 4.29. The van der Waals surface area contributed by atoms with Crippen molar-refractivity contribution in [2.45, 2.75) is 44.8 Å². The normalized spacial score (nSPS) is 23.2. The summed E-state index contributed by atoms with van der Waals surface area (Å²) in [4.78, 5) is 14.9. The molecule has 3 aliphatic rings. The van der Waals surface area contributed by atoms with E-state index < -0.39 is 0 Å². The highest BCUT2D eigenvalue weighted by molar-refractivity contribution is 7.14. The first kappa shape index (κ1) is 17.3. The minimum Gasteiger partial charge on any atom is -0.370 e. The number of nitrogens with one attached hydrogen (secondary N) is 2. The molecule has 5 rings (SSSR count). The van der Waals surface area contributed by atoms with Gasteiger partial charge in [-0.15, -0.1) is 21.5 Å². The Labute approximate surface area is 162 Å². The quantitative estimate of drug-likeness (QED) is 0.832. The molecule has 5 heterocycles. The molecule has 27 heavy (non-hydrogen) atoms. The molecule has 1 atom stereocenters. The lowest BCUT2D eigenvalue weighted by Gasteiger charge is -2.40. The fourth-order valence-corrected chi connectivity index (χ4v) is 5.78. The van der Waals surface area contributed by atoms with Crippen LogP contribution in [0.1, 0.15) is 44.6 Å². The summed E-state index contributed by atoms with van der Waals surface area (Å²) in [6, 6.07) is 2.09. The van der Waals surface area contributed by atoms with Gasteiger partial charge in [-0.05, 0) is 44.5 Å².